The molecule has 3 rings (SSSR count). The van der Waals surface area contributed by atoms with Crippen LogP contribution in [0.25, 0.3) is 6.08 Å². The zero-order valence-corrected chi connectivity index (χ0v) is 11.0. The standard InChI is InChI=1S/C15H13F3O3/c16-15(17,18)13(9-5-6-9)21-14(19)11-7-10-3-1-2-4-12(10)20-8-11/h1-4,7,9,13H,5-6,8H2/t13-/m0/s1. The van der Waals surface area contributed by atoms with Crippen LogP contribution in [-0.2, 0) is 9.53 Å². The van der Waals surface area contributed by atoms with E-state index in [4.69, 9.17) is 4.74 Å². The van der Waals surface area contributed by atoms with Gasteiger partial charge in [0, 0.05) is 11.5 Å². The van der Waals surface area contributed by atoms with Gasteiger partial charge in [0.05, 0.1) is 5.57 Å². The van der Waals surface area contributed by atoms with Gasteiger partial charge in [0.15, 0.2) is 6.10 Å². The largest absolute Gasteiger partial charge is 0.488 e. The van der Waals surface area contributed by atoms with E-state index in [9.17, 15) is 18.0 Å². The highest BCUT2D eigenvalue weighted by Crippen LogP contribution is 2.42. The van der Waals surface area contributed by atoms with Crippen molar-refractivity contribution in [3.05, 3.63) is 35.4 Å². The fourth-order valence-corrected chi connectivity index (χ4v) is 2.25. The van der Waals surface area contributed by atoms with Crippen LogP contribution in [0, 0.1) is 5.92 Å². The lowest BCUT2D eigenvalue weighted by molar-refractivity contribution is -0.224. The first-order valence-corrected chi connectivity index (χ1v) is 6.65. The van der Waals surface area contributed by atoms with Crippen LogP contribution in [0.4, 0.5) is 13.2 Å². The molecule has 0 unspecified atom stereocenters. The number of halogens is 3. The highest BCUT2D eigenvalue weighted by Gasteiger charge is 2.52. The Balaban J connectivity index is 1.75. The van der Waals surface area contributed by atoms with Gasteiger partial charge in [-0.05, 0) is 25.0 Å². The second-order valence-electron chi connectivity index (χ2n) is 5.20. The molecule has 1 aliphatic heterocycles. The Labute approximate surface area is 119 Å². The fourth-order valence-electron chi connectivity index (χ4n) is 2.25. The van der Waals surface area contributed by atoms with Crippen molar-refractivity contribution in [2.75, 3.05) is 6.61 Å². The first kappa shape index (κ1) is 14.0. The number of rotatable bonds is 3. The van der Waals surface area contributed by atoms with Gasteiger partial charge in [-0.1, -0.05) is 18.2 Å². The summed E-state index contributed by atoms with van der Waals surface area (Å²) in [7, 11) is 0. The summed E-state index contributed by atoms with van der Waals surface area (Å²) >= 11 is 0. The molecule has 0 bridgehead atoms. The monoisotopic (exact) mass is 298 g/mol. The van der Waals surface area contributed by atoms with Gasteiger partial charge in [-0.15, -0.1) is 0 Å². The van der Waals surface area contributed by atoms with E-state index in [0.29, 0.717) is 24.2 Å². The van der Waals surface area contributed by atoms with E-state index >= 15 is 0 Å². The number of hydrogen-bond acceptors (Lipinski definition) is 3. The van der Waals surface area contributed by atoms with E-state index in [1.165, 1.54) is 6.08 Å². The molecule has 1 fully saturated rings. The molecular weight excluding hydrogens is 285 g/mol. The van der Waals surface area contributed by atoms with Crippen LogP contribution >= 0.6 is 0 Å². The minimum Gasteiger partial charge on any atom is -0.488 e. The normalized spacial score (nSPS) is 19.1. The quantitative estimate of drug-likeness (QED) is 0.803. The molecule has 1 saturated carbocycles. The minimum absolute atomic E-state index is 0.0783. The van der Waals surface area contributed by atoms with Crippen molar-refractivity contribution < 1.29 is 27.4 Å². The average Bonchev–Trinajstić information content (AvgIpc) is 3.27. The Morgan fingerprint density at radius 3 is 2.67 bits per heavy atom. The maximum Gasteiger partial charge on any atom is 0.425 e. The van der Waals surface area contributed by atoms with Gasteiger partial charge in [0.2, 0.25) is 0 Å². The molecule has 0 spiro atoms. The van der Waals surface area contributed by atoms with Gasteiger partial charge in [-0.3, -0.25) is 0 Å². The van der Waals surface area contributed by atoms with Crippen molar-refractivity contribution in [1.82, 2.24) is 0 Å². The van der Waals surface area contributed by atoms with E-state index in [2.05, 4.69) is 4.74 Å². The Kier molecular flexibility index (Phi) is 3.39. The molecule has 1 aliphatic carbocycles. The van der Waals surface area contributed by atoms with E-state index in [1.807, 2.05) is 0 Å². The highest BCUT2D eigenvalue weighted by molar-refractivity contribution is 5.95. The summed E-state index contributed by atoms with van der Waals surface area (Å²) in [4.78, 5) is 11.9. The van der Waals surface area contributed by atoms with E-state index in [-0.39, 0.29) is 12.2 Å². The molecule has 1 aromatic rings. The summed E-state index contributed by atoms with van der Waals surface area (Å²) in [6.45, 7) is -0.0783. The third kappa shape index (κ3) is 3.04. The molecule has 2 aliphatic rings. The maximum absolute atomic E-state index is 12.8. The molecule has 1 aromatic carbocycles. The van der Waals surface area contributed by atoms with Crippen molar-refractivity contribution in [1.29, 1.82) is 0 Å². The van der Waals surface area contributed by atoms with Crippen molar-refractivity contribution >= 4 is 12.0 Å². The lowest BCUT2D eigenvalue weighted by Crippen LogP contribution is -2.36. The molecule has 112 valence electrons. The molecule has 1 heterocycles. The number of para-hydroxylation sites is 1. The Hall–Kier alpha value is -1.98. The second-order valence-corrected chi connectivity index (χ2v) is 5.20. The number of benzene rings is 1. The summed E-state index contributed by atoms with van der Waals surface area (Å²) in [5, 5.41) is 0. The number of carbonyl (C=O) groups is 1. The first-order chi connectivity index (χ1) is 9.95. The summed E-state index contributed by atoms with van der Waals surface area (Å²) < 4.78 is 48.6. The lowest BCUT2D eigenvalue weighted by atomic mass is 10.1. The van der Waals surface area contributed by atoms with Crippen LogP contribution in [0.3, 0.4) is 0 Å². The van der Waals surface area contributed by atoms with Crippen molar-refractivity contribution in [2.45, 2.75) is 25.1 Å². The number of hydrogen-bond donors (Lipinski definition) is 0. The van der Waals surface area contributed by atoms with Crippen molar-refractivity contribution in [3.8, 4) is 5.75 Å². The molecule has 1 atom stereocenters. The third-order valence-electron chi connectivity index (χ3n) is 3.50. The fraction of sp³-hybridized carbons (Fsp3) is 0.400. The number of alkyl halides is 3. The van der Waals surface area contributed by atoms with Gasteiger partial charge in [0.1, 0.15) is 12.4 Å². The zero-order valence-electron chi connectivity index (χ0n) is 11.0. The third-order valence-corrected chi connectivity index (χ3v) is 3.50. The van der Waals surface area contributed by atoms with Gasteiger partial charge in [-0.25, -0.2) is 4.79 Å². The smallest absolute Gasteiger partial charge is 0.425 e. The van der Waals surface area contributed by atoms with Crippen LogP contribution < -0.4 is 4.74 Å². The van der Waals surface area contributed by atoms with Crippen LogP contribution in [0.2, 0.25) is 0 Å². The van der Waals surface area contributed by atoms with Crippen LogP contribution in [0.5, 0.6) is 5.75 Å². The van der Waals surface area contributed by atoms with Crippen molar-refractivity contribution in [3.63, 3.8) is 0 Å². The van der Waals surface area contributed by atoms with Crippen molar-refractivity contribution in [2.24, 2.45) is 5.92 Å². The number of fused-ring (bicyclic) bond motifs is 1. The Morgan fingerprint density at radius 2 is 2.00 bits per heavy atom. The molecule has 0 aromatic heterocycles. The molecule has 0 N–H and O–H groups in total. The summed E-state index contributed by atoms with van der Waals surface area (Å²) in [6.07, 6.45) is -4.14. The summed E-state index contributed by atoms with van der Waals surface area (Å²) in [5.41, 5.74) is 0.759. The topological polar surface area (TPSA) is 35.5 Å². The van der Waals surface area contributed by atoms with Gasteiger partial charge >= 0.3 is 12.1 Å². The second kappa shape index (κ2) is 5.09. The minimum atomic E-state index is -4.52. The first-order valence-electron chi connectivity index (χ1n) is 6.65. The number of ether oxygens (including phenoxy) is 2. The predicted octanol–water partition coefficient (Wildman–Crippen LogP) is 3.35. The summed E-state index contributed by atoms with van der Waals surface area (Å²) in [6, 6.07) is 7.00. The molecule has 3 nitrogen and oxygen atoms in total. The van der Waals surface area contributed by atoms with Crippen LogP contribution in [0.15, 0.2) is 29.8 Å². The van der Waals surface area contributed by atoms with E-state index < -0.39 is 24.2 Å². The summed E-state index contributed by atoms with van der Waals surface area (Å²) in [5.74, 6) is -0.964. The highest BCUT2D eigenvalue weighted by atomic mass is 19.4. The number of esters is 1. The molecule has 0 amide bonds. The maximum atomic E-state index is 12.8. The van der Waals surface area contributed by atoms with Gasteiger partial charge in [0.25, 0.3) is 0 Å². The Morgan fingerprint density at radius 1 is 1.29 bits per heavy atom. The van der Waals surface area contributed by atoms with Gasteiger partial charge < -0.3 is 9.47 Å². The predicted molar refractivity (Wildman–Crippen MR) is 68.6 cm³/mol. The van der Waals surface area contributed by atoms with Crippen LogP contribution in [-0.4, -0.2) is 24.9 Å². The van der Waals surface area contributed by atoms with Crippen LogP contribution in [0.1, 0.15) is 18.4 Å². The molecular formula is C15H13F3O3. The average molecular weight is 298 g/mol. The molecule has 21 heavy (non-hydrogen) atoms. The van der Waals surface area contributed by atoms with Gasteiger partial charge in [-0.2, -0.15) is 13.2 Å². The molecule has 0 radical (unpaired) electrons. The molecule has 0 saturated heterocycles. The zero-order chi connectivity index (χ0) is 15.0. The lowest BCUT2D eigenvalue weighted by Gasteiger charge is -2.22. The SMILES string of the molecule is O=C(O[C@@H](C1CC1)C(F)(F)F)C1=Cc2ccccc2OC1. The molecule has 6 heteroatoms. The van der Waals surface area contributed by atoms with E-state index in [1.54, 1.807) is 24.3 Å². The Bertz CT molecular complexity index is 588. The number of carbonyl (C=O) groups excluding carboxylic acids is 1. The van der Waals surface area contributed by atoms with E-state index in [0.717, 1.165) is 0 Å².